The molecule has 4 rings (SSSR count). The molecule has 10 heteroatoms. The maximum absolute atomic E-state index is 14.3. The fourth-order valence-corrected chi connectivity index (χ4v) is 7.02. The summed E-state index contributed by atoms with van der Waals surface area (Å²) in [5.74, 6) is 0.0685. The second-order valence-electron chi connectivity index (χ2n) is 11.1. The van der Waals surface area contributed by atoms with Crippen molar-refractivity contribution in [3.63, 3.8) is 0 Å². The van der Waals surface area contributed by atoms with Crippen molar-refractivity contribution in [2.75, 3.05) is 31.6 Å². The average Bonchev–Trinajstić information content (AvgIpc) is 3.55. The summed E-state index contributed by atoms with van der Waals surface area (Å²) >= 11 is 0. The number of benzene rings is 3. The van der Waals surface area contributed by atoms with Gasteiger partial charge < -0.3 is 19.7 Å². The molecule has 1 fully saturated rings. The van der Waals surface area contributed by atoms with E-state index in [9.17, 15) is 18.0 Å². The summed E-state index contributed by atoms with van der Waals surface area (Å²) in [4.78, 5) is 29.5. The van der Waals surface area contributed by atoms with E-state index in [1.165, 1.54) is 37.3 Å². The van der Waals surface area contributed by atoms with Crippen LogP contribution in [0.4, 0.5) is 5.69 Å². The molecule has 1 aliphatic rings. The van der Waals surface area contributed by atoms with E-state index in [1.54, 1.807) is 24.3 Å². The largest absolute Gasteiger partial charge is 0.493 e. The van der Waals surface area contributed by atoms with E-state index < -0.39 is 28.5 Å². The van der Waals surface area contributed by atoms with Crippen molar-refractivity contribution in [3.05, 3.63) is 83.9 Å². The number of hydrogen-bond acceptors (Lipinski definition) is 6. The molecule has 44 heavy (non-hydrogen) atoms. The molecule has 2 amide bonds. The number of hydrogen-bond donors (Lipinski definition) is 1. The van der Waals surface area contributed by atoms with E-state index in [1.807, 2.05) is 44.2 Å². The Kier molecular flexibility index (Phi) is 11.3. The standard InChI is InChI=1S/C34H43N3O6S/c1-5-30(34(39)35-27-13-9-10-14-27)36(22-21-26-11-7-6-8-12-26)33(38)24-37(28-17-20-31(42-3)32(23-28)43-4)44(40,41)29-18-15-25(2)16-19-29/h6-8,11-12,15-20,23,27,30H,5,9-10,13-14,21-22,24H2,1-4H3,(H,35,39)/t30-/m1/s1. The predicted octanol–water partition coefficient (Wildman–Crippen LogP) is 5.12. The van der Waals surface area contributed by atoms with Crippen LogP contribution in [0.15, 0.2) is 77.7 Å². The van der Waals surface area contributed by atoms with Gasteiger partial charge in [0.2, 0.25) is 11.8 Å². The third-order valence-electron chi connectivity index (χ3n) is 8.11. The lowest BCUT2D eigenvalue weighted by Gasteiger charge is -2.34. The number of rotatable bonds is 14. The Bertz CT molecular complexity index is 1510. The zero-order valence-electron chi connectivity index (χ0n) is 26.0. The molecular formula is C34H43N3O6S. The molecule has 0 saturated heterocycles. The molecule has 0 aromatic heterocycles. The Balaban J connectivity index is 1.72. The van der Waals surface area contributed by atoms with Gasteiger partial charge in [-0.25, -0.2) is 8.42 Å². The molecule has 1 N–H and O–H groups in total. The smallest absolute Gasteiger partial charge is 0.264 e. The first-order valence-electron chi connectivity index (χ1n) is 15.1. The Morgan fingerprint density at radius 3 is 2.20 bits per heavy atom. The van der Waals surface area contributed by atoms with Crippen LogP contribution in [0.25, 0.3) is 0 Å². The fourth-order valence-electron chi connectivity index (χ4n) is 5.61. The zero-order chi connectivity index (χ0) is 31.7. The number of nitrogens with one attached hydrogen (secondary N) is 1. The van der Waals surface area contributed by atoms with Gasteiger partial charge in [0.25, 0.3) is 10.0 Å². The normalized spacial score (nSPS) is 14.1. The number of carbonyl (C=O) groups is 2. The van der Waals surface area contributed by atoms with Crippen LogP contribution in [0.1, 0.15) is 50.2 Å². The summed E-state index contributed by atoms with van der Waals surface area (Å²) in [6.45, 7) is 3.49. The van der Waals surface area contributed by atoms with Crippen molar-refractivity contribution < 1.29 is 27.5 Å². The number of nitrogens with zero attached hydrogens (tertiary/aromatic N) is 2. The van der Waals surface area contributed by atoms with Crippen molar-refractivity contribution in [2.45, 2.75) is 69.4 Å². The van der Waals surface area contributed by atoms with Gasteiger partial charge >= 0.3 is 0 Å². The second-order valence-corrected chi connectivity index (χ2v) is 13.0. The van der Waals surface area contributed by atoms with Crippen LogP contribution >= 0.6 is 0 Å². The van der Waals surface area contributed by atoms with E-state index in [-0.39, 0.29) is 29.1 Å². The first-order valence-corrected chi connectivity index (χ1v) is 16.6. The third kappa shape index (κ3) is 7.91. The number of methoxy groups -OCH3 is 2. The topological polar surface area (TPSA) is 105 Å². The minimum atomic E-state index is -4.19. The second kappa shape index (κ2) is 15.1. The molecule has 1 aliphatic carbocycles. The van der Waals surface area contributed by atoms with Crippen LogP contribution in [0.2, 0.25) is 0 Å². The molecule has 3 aromatic rings. The van der Waals surface area contributed by atoms with E-state index in [2.05, 4.69) is 5.32 Å². The van der Waals surface area contributed by atoms with E-state index in [0.717, 1.165) is 41.1 Å². The molecule has 0 spiro atoms. The first kappa shape index (κ1) is 32.9. The van der Waals surface area contributed by atoms with Gasteiger partial charge in [-0.1, -0.05) is 67.8 Å². The van der Waals surface area contributed by atoms with Crippen LogP contribution in [-0.2, 0) is 26.0 Å². The van der Waals surface area contributed by atoms with Crippen LogP contribution in [0.5, 0.6) is 11.5 Å². The van der Waals surface area contributed by atoms with Gasteiger partial charge in [0, 0.05) is 18.7 Å². The molecule has 0 aliphatic heterocycles. The number of aryl methyl sites for hydroxylation is 1. The SMILES string of the molecule is CC[C@H](C(=O)NC1CCCC1)N(CCc1ccccc1)C(=O)CN(c1ccc(OC)c(OC)c1)S(=O)(=O)c1ccc(C)cc1. The van der Waals surface area contributed by atoms with Crippen molar-refractivity contribution in [1.29, 1.82) is 0 Å². The highest BCUT2D eigenvalue weighted by Gasteiger charge is 2.34. The molecule has 1 atom stereocenters. The molecule has 236 valence electrons. The maximum Gasteiger partial charge on any atom is 0.264 e. The first-order chi connectivity index (χ1) is 21.2. The maximum atomic E-state index is 14.3. The third-order valence-corrected chi connectivity index (χ3v) is 9.90. The number of ether oxygens (including phenoxy) is 2. The monoisotopic (exact) mass is 621 g/mol. The summed E-state index contributed by atoms with van der Waals surface area (Å²) in [5, 5.41) is 3.14. The molecule has 0 heterocycles. The molecule has 9 nitrogen and oxygen atoms in total. The van der Waals surface area contributed by atoms with Gasteiger partial charge in [0.1, 0.15) is 12.6 Å². The molecule has 1 saturated carbocycles. The van der Waals surface area contributed by atoms with Crippen LogP contribution in [0, 0.1) is 6.92 Å². The average molecular weight is 622 g/mol. The zero-order valence-corrected chi connectivity index (χ0v) is 26.8. The summed E-state index contributed by atoms with van der Waals surface area (Å²) in [6.07, 6.45) is 4.87. The van der Waals surface area contributed by atoms with Crippen LogP contribution < -0.4 is 19.1 Å². The lowest BCUT2D eigenvalue weighted by Crippen LogP contribution is -2.54. The highest BCUT2D eigenvalue weighted by atomic mass is 32.2. The number of anilines is 1. The highest BCUT2D eigenvalue weighted by molar-refractivity contribution is 7.92. The fraction of sp³-hybridized carbons (Fsp3) is 0.412. The minimum absolute atomic E-state index is 0.0486. The quantitative estimate of drug-likeness (QED) is 0.268. The highest BCUT2D eigenvalue weighted by Crippen LogP contribution is 2.34. The Hall–Kier alpha value is -4.05. The van der Waals surface area contributed by atoms with Gasteiger partial charge in [0.15, 0.2) is 11.5 Å². The van der Waals surface area contributed by atoms with Crippen LogP contribution in [-0.4, -0.2) is 64.5 Å². The van der Waals surface area contributed by atoms with Gasteiger partial charge in [-0.3, -0.25) is 13.9 Å². The Labute approximate surface area is 261 Å². The predicted molar refractivity (Wildman–Crippen MR) is 172 cm³/mol. The molecule has 0 unspecified atom stereocenters. The summed E-state index contributed by atoms with van der Waals surface area (Å²) < 4.78 is 40.2. The van der Waals surface area contributed by atoms with Gasteiger partial charge in [-0.2, -0.15) is 0 Å². The van der Waals surface area contributed by atoms with Crippen LogP contribution in [0.3, 0.4) is 0 Å². The van der Waals surface area contributed by atoms with Gasteiger partial charge in [-0.05, 0) is 62.4 Å². The van der Waals surface area contributed by atoms with E-state index >= 15 is 0 Å². The van der Waals surface area contributed by atoms with E-state index in [4.69, 9.17) is 9.47 Å². The summed E-state index contributed by atoms with van der Waals surface area (Å²) in [7, 11) is -1.24. The lowest BCUT2D eigenvalue weighted by molar-refractivity contribution is -0.139. The van der Waals surface area contributed by atoms with Crippen molar-refractivity contribution in [2.24, 2.45) is 0 Å². The Morgan fingerprint density at radius 2 is 1.59 bits per heavy atom. The molecule has 0 bridgehead atoms. The van der Waals surface area contributed by atoms with Gasteiger partial charge in [-0.15, -0.1) is 0 Å². The lowest BCUT2D eigenvalue weighted by atomic mass is 10.1. The molecular weight excluding hydrogens is 578 g/mol. The van der Waals surface area contributed by atoms with Crippen molar-refractivity contribution in [1.82, 2.24) is 10.2 Å². The summed E-state index contributed by atoms with van der Waals surface area (Å²) in [6, 6.07) is 20.3. The molecule has 0 radical (unpaired) electrons. The van der Waals surface area contributed by atoms with E-state index in [0.29, 0.717) is 24.3 Å². The van der Waals surface area contributed by atoms with Crippen molar-refractivity contribution >= 4 is 27.5 Å². The number of sulfonamides is 1. The summed E-state index contributed by atoms with van der Waals surface area (Å²) in [5.41, 5.74) is 2.16. The Morgan fingerprint density at radius 1 is 0.932 bits per heavy atom. The minimum Gasteiger partial charge on any atom is -0.493 e. The van der Waals surface area contributed by atoms with Crippen molar-refractivity contribution in [3.8, 4) is 11.5 Å². The number of carbonyl (C=O) groups excluding carboxylic acids is 2. The molecule has 3 aromatic carbocycles. The number of amides is 2. The van der Waals surface area contributed by atoms with Gasteiger partial charge in [0.05, 0.1) is 24.8 Å².